The molecule has 7 heteroatoms. The second kappa shape index (κ2) is 10.2. The molecule has 1 amide bonds. The van der Waals surface area contributed by atoms with Gasteiger partial charge >= 0.3 is 0 Å². The van der Waals surface area contributed by atoms with Crippen LogP contribution in [-0.2, 0) is 4.79 Å². The maximum Gasteiger partial charge on any atom is 0.266 e. The lowest BCUT2D eigenvalue weighted by molar-refractivity contribution is -0.136. The van der Waals surface area contributed by atoms with Crippen molar-refractivity contribution in [3.05, 3.63) is 69.2 Å². The molecule has 1 aliphatic rings. The fraction of sp³-hybridized carbons (Fsp3) is 0.423. The molecule has 174 valence electrons. The molecule has 0 spiro atoms. The molecule has 1 aromatic heterocycles. The zero-order valence-electron chi connectivity index (χ0n) is 19.5. The molecule has 1 fully saturated rings. The zero-order valence-corrected chi connectivity index (χ0v) is 21.1. The molecule has 4 rings (SSSR count). The quantitative estimate of drug-likeness (QED) is 0.471. The van der Waals surface area contributed by atoms with Crippen molar-refractivity contribution in [3.63, 3.8) is 0 Å². The molecular formula is C26H31BrN4O2. The first-order valence-corrected chi connectivity index (χ1v) is 12.5. The van der Waals surface area contributed by atoms with Crippen LogP contribution in [-0.4, -0.2) is 50.9 Å². The van der Waals surface area contributed by atoms with Gasteiger partial charge in [-0.25, -0.2) is 4.98 Å². The Morgan fingerprint density at radius 1 is 1.12 bits per heavy atom. The first-order chi connectivity index (χ1) is 15.9. The fourth-order valence-electron chi connectivity index (χ4n) is 4.81. The van der Waals surface area contributed by atoms with Crippen LogP contribution < -0.4 is 5.56 Å². The Morgan fingerprint density at radius 3 is 2.52 bits per heavy atom. The summed E-state index contributed by atoms with van der Waals surface area (Å²) in [5.41, 5.74) is 1.47. The number of halogens is 1. The van der Waals surface area contributed by atoms with Crippen LogP contribution in [0.3, 0.4) is 0 Å². The molecule has 1 saturated heterocycles. The highest BCUT2D eigenvalue weighted by Crippen LogP contribution is 2.28. The number of hydrogen-bond donors (Lipinski definition) is 0. The van der Waals surface area contributed by atoms with Gasteiger partial charge in [-0.15, -0.1) is 0 Å². The molecule has 3 aromatic rings. The van der Waals surface area contributed by atoms with Crippen molar-refractivity contribution in [2.24, 2.45) is 0 Å². The first kappa shape index (κ1) is 23.6. The molecule has 0 N–H and O–H groups in total. The van der Waals surface area contributed by atoms with Gasteiger partial charge in [0, 0.05) is 36.6 Å². The topological polar surface area (TPSA) is 58.4 Å². The van der Waals surface area contributed by atoms with E-state index in [1.807, 2.05) is 60.4 Å². The Kier molecular flexibility index (Phi) is 7.29. The van der Waals surface area contributed by atoms with E-state index < -0.39 is 0 Å². The number of benzene rings is 2. The monoisotopic (exact) mass is 510 g/mol. The Labute approximate surface area is 203 Å². The van der Waals surface area contributed by atoms with Gasteiger partial charge in [-0.2, -0.15) is 0 Å². The molecule has 0 bridgehead atoms. The standard InChI is InChI=1S/C26H31BrN4O2/c1-4-8-24(32)30-16-15-29(17-18(30)3)23(5-2)25-28-22-10-7-6-9-21(22)26(33)31(25)20-13-11-19(27)12-14-20/h6-7,9-14,18,23H,4-5,8,15-17H2,1-3H3. The van der Waals surface area contributed by atoms with E-state index in [9.17, 15) is 9.59 Å². The molecule has 2 heterocycles. The summed E-state index contributed by atoms with van der Waals surface area (Å²) in [6.45, 7) is 8.52. The van der Waals surface area contributed by atoms with Crippen LogP contribution in [0.4, 0.5) is 0 Å². The maximum atomic E-state index is 13.7. The van der Waals surface area contributed by atoms with Crippen molar-refractivity contribution in [2.45, 2.75) is 52.1 Å². The Hall–Kier alpha value is -2.51. The van der Waals surface area contributed by atoms with Crippen LogP contribution >= 0.6 is 15.9 Å². The van der Waals surface area contributed by atoms with E-state index in [4.69, 9.17) is 4.98 Å². The predicted molar refractivity (Wildman–Crippen MR) is 136 cm³/mol. The Morgan fingerprint density at radius 2 is 1.85 bits per heavy atom. The number of carbonyl (C=O) groups is 1. The lowest BCUT2D eigenvalue weighted by Crippen LogP contribution is -2.55. The summed E-state index contributed by atoms with van der Waals surface area (Å²) in [7, 11) is 0. The number of fused-ring (bicyclic) bond motifs is 1. The minimum Gasteiger partial charge on any atom is -0.337 e. The fourth-order valence-corrected chi connectivity index (χ4v) is 5.08. The van der Waals surface area contributed by atoms with E-state index in [1.165, 1.54) is 0 Å². The third-order valence-corrected chi connectivity index (χ3v) is 6.98. The molecule has 33 heavy (non-hydrogen) atoms. The minimum absolute atomic E-state index is 0.0307. The van der Waals surface area contributed by atoms with Gasteiger partial charge in [0.05, 0.1) is 22.6 Å². The molecule has 0 radical (unpaired) electrons. The molecule has 0 aliphatic carbocycles. The van der Waals surface area contributed by atoms with E-state index in [0.29, 0.717) is 23.9 Å². The van der Waals surface area contributed by atoms with E-state index >= 15 is 0 Å². The summed E-state index contributed by atoms with van der Waals surface area (Å²) in [6.07, 6.45) is 2.28. The predicted octanol–water partition coefficient (Wildman–Crippen LogP) is 4.93. The summed E-state index contributed by atoms with van der Waals surface area (Å²) in [6, 6.07) is 15.4. The molecule has 2 atom stereocenters. The Bertz CT molecular complexity index is 1190. The van der Waals surface area contributed by atoms with Gasteiger partial charge in [-0.1, -0.05) is 41.9 Å². The second-order valence-corrected chi connectivity index (χ2v) is 9.62. The van der Waals surface area contributed by atoms with Gasteiger partial charge in [-0.05, 0) is 56.2 Å². The largest absolute Gasteiger partial charge is 0.337 e. The SMILES string of the molecule is CCCC(=O)N1CCN(C(CC)c2nc3ccccc3c(=O)n2-c2ccc(Br)cc2)CC1C. The summed E-state index contributed by atoms with van der Waals surface area (Å²) in [5, 5.41) is 0.613. The molecule has 1 aliphatic heterocycles. The summed E-state index contributed by atoms with van der Waals surface area (Å²) < 4.78 is 2.73. The first-order valence-electron chi connectivity index (χ1n) is 11.8. The summed E-state index contributed by atoms with van der Waals surface area (Å²) in [5.74, 6) is 0.984. The van der Waals surface area contributed by atoms with Crippen LogP contribution in [0, 0.1) is 0 Å². The molecule has 6 nitrogen and oxygen atoms in total. The second-order valence-electron chi connectivity index (χ2n) is 8.71. The number of hydrogen-bond acceptors (Lipinski definition) is 4. The molecule has 0 saturated carbocycles. The number of amides is 1. The molecule has 2 aromatic carbocycles. The van der Waals surface area contributed by atoms with E-state index in [1.54, 1.807) is 4.57 Å². The smallest absolute Gasteiger partial charge is 0.266 e. The van der Waals surface area contributed by atoms with Crippen molar-refractivity contribution in [3.8, 4) is 5.69 Å². The minimum atomic E-state index is -0.0545. The highest BCUT2D eigenvalue weighted by Gasteiger charge is 2.33. The number of aromatic nitrogens is 2. The van der Waals surface area contributed by atoms with Gasteiger partial charge in [0.15, 0.2) is 0 Å². The van der Waals surface area contributed by atoms with E-state index in [-0.39, 0.29) is 23.6 Å². The molecular weight excluding hydrogens is 480 g/mol. The van der Waals surface area contributed by atoms with Gasteiger partial charge in [0.1, 0.15) is 5.82 Å². The van der Waals surface area contributed by atoms with Crippen molar-refractivity contribution in [2.75, 3.05) is 19.6 Å². The third kappa shape index (κ3) is 4.75. The highest BCUT2D eigenvalue weighted by atomic mass is 79.9. The lowest BCUT2D eigenvalue weighted by atomic mass is 10.1. The maximum absolute atomic E-state index is 13.7. The van der Waals surface area contributed by atoms with Crippen molar-refractivity contribution >= 4 is 32.7 Å². The third-order valence-electron chi connectivity index (χ3n) is 6.46. The number of carbonyl (C=O) groups excluding carboxylic acids is 1. The van der Waals surface area contributed by atoms with Gasteiger partial charge in [-0.3, -0.25) is 19.1 Å². The summed E-state index contributed by atoms with van der Waals surface area (Å²) >= 11 is 3.49. The van der Waals surface area contributed by atoms with Crippen LogP contribution in [0.1, 0.15) is 51.9 Å². The van der Waals surface area contributed by atoms with Crippen molar-refractivity contribution in [1.82, 2.24) is 19.4 Å². The van der Waals surface area contributed by atoms with Gasteiger partial charge < -0.3 is 4.90 Å². The van der Waals surface area contributed by atoms with Gasteiger partial charge in [0.2, 0.25) is 5.91 Å². The van der Waals surface area contributed by atoms with Gasteiger partial charge in [0.25, 0.3) is 5.56 Å². The van der Waals surface area contributed by atoms with Crippen LogP contribution in [0.25, 0.3) is 16.6 Å². The lowest BCUT2D eigenvalue weighted by Gasteiger charge is -2.43. The number of rotatable bonds is 6. The average Bonchev–Trinajstić information content (AvgIpc) is 2.81. The molecule has 2 unspecified atom stereocenters. The van der Waals surface area contributed by atoms with E-state index in [2.05, 4.69) is 34.7 Å². The average molecular weight is 511 g/mol. The van der Waals surface area contributed by atoms with Crippen LogP contribution in [0.5, 0.6) is 0 Å². The highest BCUT2D eigenvalue weighted by molar-refractivity contribution is 9.10. The summed E-state index contributed by atoms with van der Waals surface area (Å²) in [4.78, 5) is 35.6. The normalized spacial score (nSPS) is 17.9. The van der Waals surface area contributed by atoms with Crippen molar-refractivity contribution < 1.29 is 4.79 Å². The van der Waals surface area contributed by atoms with E-state index in [0.717, 1.165) is 41.9 Å². The number of para-hydroxylation sites is 1. The van der Waals surface area contributed by atoms with Crippen LogP contribution in [0.2, 0.25) is 0 Å². The number of piperazine rings is 1. The Balaban J connectivity index is 1.77. The van der Waals surface area contributed by atoms with Crippen LogP contribution in [0.15, 0.2) is 57.8 Å². The zero-order chi connectivity index (χ0) is 23.5. The van der Waals surface area contributed by atoms with Crippen molar-refractivity contribution in [1.29, 1.82) is 0 Å². The number of nitrogens with zero attached hydrogens (tertiary/aromatic N) is 4.